The van der Waals surface area contributed by atoms with E-state index < -0.39 is 5.91 Å². The predicted octanol–water partition coefficient (Wildman–Crippen LogP) is 4.79. The molecule has 33 heavy (non-hydrogen) atoms. The third kappa shape index (κ3) is 4.25. The first kappa shape index (κ1) is 22.3. The molecule has 4 rings (SSSR count). The van der Waals surface area contributed by atoms with Gasteiger partial charge in [-0.25, -0.2) is 0 Å². The number of para-hydroxylation sites is 2. The zero-order valence-corrected chi connectivity index (χ0v) is 18.8. The number of nitrogens with one attached hydrogen (secondary N) is 1. The molecule has 7 heteroatoms. The molecule has 4 aromatic rings. The molecule has 0 aliphatic rings. The van der Waals surface area contributed by atoms with E-state index in [2.05, 4.69) is 5.32 Å². The lowest BCUT2D eigenvalue weighted by molar-refractivity contribution is 0.0943. The fourth-order valence-electron chi connectivity index (χ4n) is 3.88. The lowest BCUT2D eigenvalue weighted by atomic mass is 10.0. The van der Waals surface area contributed by atoms with Gasteiger partial charge in [0.05, 0.1) is 23.9 Å². The summed E-state index contributed by atoms with van der Waals surface area (Å²) in [6.07, 6.45) is 0. The molecule has 1 heterocycles. The zero-order chi connectivity index (χ0) is 23.5. The number of Topliss-reactive ketones (excluding diaryl/α,β-unsaturated/α-hetero) is 1. The van der Waals surface area contributed by atoms with Crippen molar-refractivity contribution >= 4 is 34.2 Å². The summed E-state index contributed by atoms with van der Waals surface area (Å²) in [4.78, 5) is 39.1. The van der Waals surface area contributed by atoms with Crippen LogP contribution < -0.4 is 15.5 Å². The van der Waals surface area contributed by atoms with E-state index >= 15 is 0 Å². The molecule has 0 aliphatic heterocycles. The van der Waals surface area contributed by atoms with Crippen LogP contribution in [0.15, 0.2) is 77.6 Å². The SMILES string of the molecule is COc1ccccc1C(=O)NCc1c(C(C)=O)n(-c2ccccc2)c2cc(Cl)ccc2c1=O. The number of amides is 1. The molecule has 0 aliphatic carbocycles. The van der Waals surface area contributed by atoms with Crippen LogP contribution in [0.3, 0.4) is 0 Å². The predicted molar refractivity (Wildman–Crippen MR) is 129 cm³/mol. The van der Waals surface area contributed by atoms with Gasteiger partial charge in [0.1, 0.15) is 5.75 Å². The van der Waals surface area contributed by atoms with Gasteiger partial charge in [0, 0.05) is 35.1 Å². The average Bonchev–Trinajstić information content (AvgIpc) is 2.83. The molecule has 0 fully saturated rings. The Kier molecular flexibility index (Phi) is 6.29. The fraction of sp³-hybridized carbons (Fsp3) is 0.115. The lowest BCUT2D eigenvalue weighted by Gasteiger charge is -2.20. The molecule has 0 atom stereocenters. The Labute approximate surface area is 195 Å². The molecule has 6 nitrogen and oxygen atoms in total. The molecule has 0 bridgehead atoms. The number of halogens is 1. The van der Waals surface area contributed by atoms with E-state index in [0.717, 1.165) is 0 Å². The summed E-state index contributed by atoms with van der Waals surface area (Å²) in [6, 6.07) is 21.0. The van der Waals surface area contributed by atoms with Gasteiger partial charge in [0.2, 0.25) is 0 Å². The lowest BCUT2D eigenvalue weighted by Crippen LogP contribution is -2.30. The quantitative estimate of drug-likeness (QED) is 0.420. The number of methoxy groups -OCH3 is 1. The van der Waals surface area contributed by atoms with Gasteiger partial charge in [-0.05, 0) is 42.5 Å². The van der Waals surface area contributed by atoms with Crippen LogP contribution in [-0.4, -0.2) is 23.4 Å². The first-order valence-corrected chi connectivity index (χ1v) is 10.6. The van der Waals surface area contributed by atoms with Crippen LogP contribution in [0.1, 0.15) is 33.3 Å². The maximum Gasteiger partial charge on any atom is 0.255 e. The number of pyridine rings is 1. The number of benzene rings is 3. The number of hydrogen-bond acceptors (Lipinski definition) is 4. The van der Waals surface area contributed by atoms with E-state index in [4.69, 9.17) is 16.3 Å². The van der Waals surface area contributed by atoms with Crippen LogP contribution >= 0.6 is 11.6 Å². The van der Waals surface area contributed by atoms with Crippen molar-refractivity contribution < 1.29 is 14.3 Å². The van der Waals surface area contributed by atoms with Crippen molar-refractivity contribution in [2.45, 2.75) is 13.5 Å². The van der Waals surface area contributed by atoms with Gasteiger partial charge in [-0.3, -0.25) is 14.4 Å². The first-order valence-electron chi connectivity index (χ1n) is 10.3. The third-order valence-corrected chi connectivity index (χ3v) is 5.59. The third-order valence-electron chi connectivity index (χ3n) is 5.35. The van der Waals surface area contributed by atoms with Crippen molar-refractivity contribution in [3.8, 4) is 11.4 Å². The molecule has 0 saturated heterocycles. The van der Waals surface area contributed by atoms with Gasteiger partial charge in [-0.1, -0.05) is 41.9 Å². The van der Waals surface area contributed by atoms with E-state index in [1.807, 2.05) is 30.3 Å². The Bertz CT molecular complexity index is 1430. The summed E-state index contributed by atoms with van der Waals surface area (Å²) in [7, 11) is 1.48. The molecule has 3 aromatic carbocycles. The van der Waals surface area contributed by atoms with E-state index in [1.54, 1.807) is 47.0 Å². The molecule has 0 radical (unpaired) electrons. The minimum Gasteiger partial charge on any atom is -0.496 e. The molecule has 1 N–H and O–H groups in total. The summed E-state index contributed by atoms with van der Waals surface area (Å²) in [5.74, 6) is -0.306. The normalized spacial score (nSPS) is 10.8. The highest BCUT2D eigenvalue weighted by atomic mass is 35.5. The van der Waals surface area contributed by atoms with Gasteiger partial charge >= 0.3 is 0 Å². The number of hydrogen-bond donors (Lipinski definition) is 1. The van der Waals surface area contributed by atoms with Crippen LogP contribution in [0.25, 0.3) is 16.6 Å². The zero-order valence-electron chi connectivity index (χ0n) is 18.1. The minimum atomic E-state index is -0.413. The number of ether oxygens (including phenoxy) is 1. The number of aromatic nitrogens is 1. The second-order valence-electron chi connectivity index (χ2n) is 7.43. The number of fused-ring (bicyclic) bond motifs is 1. The van der Waals surface area contributed by atoms with Crippen molar-refractivity contribution in [3.05, 3.63) is 105 Å². The monoisotopic (exact) mass is 460 g/mol. The Morgan fingerprint density at radius 2 is 1.70 bits per heavy atom. The van der Waals surface area contributed by atoms with Gasteiger partial charge in [-0.2, -0.15) is 0 Å². The number of carbonyl (C=O) groups is 2. The molecule has 0 spiro atoms. The van der Waals surface area contributed by atoms with Gasteiger partial charge in [0.25, 0.3) is 5.91 Å². The number of ketones is 1. The summed E-state index contributed by atoms with van der Waals surface area (Å²) < 4.78 is 6.97. The van der Waals surface area contributed by atoms with Crippen LogP contribution in [0.2, 0.25) is 5.02 Å². The molecule has 166 valence electrons. The van der Waals surface area contributed by atoms with Gasteiger partial charge < -0.3 is 14.6 Å². The highest BCUT2D eigenvalue weighted by molar-refractivity contribution is 6.31. The molecular formula is C26H21ClN2O4. The largest absolute Gasteiger partial charge is 0.496 e. The van der Waals surface area contributed by atoms with Crippen LogP contribution in [0.4, 0.5) is 0 Å². The number of carbonyl (C=O) groups excluding carboxylic acids is 2. The van der Waals surface area contributed by atoms with Crippen molar-refractivity contribution in [3.63, 3.8) is 0 Å². The van der Waals surface area contributed by atoms with Crippen molar-refractivity contribution in [1.82, 2.24) is 9.88 Å². The summed E-state index contributed by atoms with van der Waals surface area (Å²) in [6.45, 7) is 1.27. The smallest absolute Gasteiger partial charge is 0.255 e. The maximum absolute atomic E-state index is 13.4. The number of nitrogens with zero attached hydrogens (tertiary/aromatic N) is 1. The molecular weight excluding hydrogens is 440 g/mol. The second kappa shape index (κ2) is 9.30. The minimum absolute atomic E-state index is 0.129. The summed E-state index contributed by atoms with van der Waals surface area (Å²) in [5.41, 5.74) is 1.61. The molecule has 1 aromatic heterocycles. The van der Waals surface area contributed by atoms with Gasteiger partial charge in [0.15, 0.2) is 11.2 Å². The van der Waals surface area contributed by atoms with Crippen LogP contribution in [0.5, 0.6) is 5.75 Å². The summed E-state index contributed by atoms with van der Waals surface area (Å²) >= 11 is 6.23. The Morgan fingerprint density at radius 1 is 1.00 bits per heavy atom. The molecule has 0 saturated carbocycles. The highest BCUT2D eigenvalue weighted by Gasteiger charge is 2.22. The van der Waals surface area contributed by atoms with Crippen LogP contribution in [-0.2, 0) is 6.54 Å². The Balaban J connectivity index is 1.90. The van der Waals surface area contributed by atoms with E-state index in [0.29, 0.717) is 32.9 Å². The molecule has 0 unspecified atom stereocenters. The van der Waals surface area contributed by atoms with Gasteiger partial charge in [-0.15, -0.1) is 0 Å². The number of rotatable bonds is 6. The van der Waals surface area contributed by atoms with Crippen molar-refractivity contribution in [2.24, 2.45) is 0 Å². The maximum atomic E-state index is 13.4. The fourth-order valence-corrected chi connectivity index (χ4v) is 4.05. The van der Waals surface area contributed by atoms with Crippen molar-refractivity contribution in [2.75, 3.05) is 7.11 Å². The summed E-state index contributed by atoms with van der Waals surface area (Å²) in [5, 5.41) is 3.61. The van der Waals surface area contributed by atoms with Crippen LogP contribution in [0, 0.1) is 0 Å². The van der Waals surface area contributed by atoms with E-state index in [1.165, 1.54) is 14.0 Å². The van der Waals surface area contributed by atoms with E-state index in [-0.39, 0.29) is 29.0 Å². The Morgan fingerprint density at radius 3 is 2.39 bits per heavy atom. The van der Waals surface area contributed by atoms with E-state index in [9.17, 15) is 14.4 Å². The standard InChI is InChI=1S/C26H21ClN2O4/c1-16(30)24-21(15-28-26(32)20-10-6-7-11-23(20)33-2)25(31)19-13-12-17(27)14-22(19)29(24)18-8-4-3-5-9-18/h3-14H,15H2,1-2H3,(H,28,32). The second-order valence-corrected chi connectivity index (χ2v) is 7.86. The highest BCUT2D eigenvalue weighted by Crippen LogP contribution is 2.25. The topological polar surface area (TPSA) is 77.4 Å². The average molecular weight is 461 g/mol. The Hall–Kier alpha value is -3.90. The molecule has 1 amide bonds. The van der Waals surface area contributed by atoms with Crippen molar-refractivity contribution in [1.29, 1.82) is 0 Å². The first-order chi connectivity index (χ1) is 15.9.